The summed E-state index contributed by atoms with van der Waals surface area (Å²) in [7, 11) is 0. The summed E-state index contributed by atoms with van der Waals surface area (Å²) in [4.78, 5) is 20.0. The van der Waals surface area contributed by atoms with Crippen molar-refractivity contribution in [1.29, 1.82) is 0 Å². The second-order valence-electron chi connectivity index (χ2n) is 1.92. The Labute approximate surface area is 71.0 Å². The van der Waals surface area contributed by atoms with E-state index in [9.17, 15) is 22.8 Å². The maximum absolute atomic E-state index is 11.5. The minimum Gasteiger partial charge on any atom is -0.448 e. The molecule has 0 aliphatic carbocycles. The molecule has 0 aliphatic rings. The van der Waals surface area contributed by atoms with E-state index in [-0.39, 0.29) is 0 Å². The molecule has 13 heavy (non-hydrogen) atoms. The maximum Gasteiger partial charge on any atom is 0.471 e. The van der Waals surface area contributed by atoms with Crippen LogP contribution < -0.4 is 11.1 Å². The van der Waals surface area contributed by atoms with Gasteiger partial charge < -0.3 is 15.8 Å². The van der Waals surface area contributed by atoms with Gasteiger partial charge in [-0.05, 0) is 0 Å². The molecular weight excluding hydrogens is 193 g/mol. The van der Waals surface area contributed by atoms with Crippen molar-refractivity contribution in [1.82, 2.24) is 5.32 Å². The molecule has 0 aromatic carbocycles. The predicted octanol–water partition coefficient (Wildman–Crippen LogP) is -0.240. The Balaban J connectivity index is 3.55. The number of carbonyl (C=O) groups excluding carboxylic acids is 2. The fourth-order valence-electron chi connectivity index (χ4n) is 0.416. The average molecular weight is 200 g/mol. The average Bonchev–Trinajstić information content (AvgIpc) is 1.95. The smallest absolute Gasteiger partial charge is 0.448 e. The first-order chi connectivity index (χ1) is 5.84. The van der Waals surface area contributed by atoms with Crippen LogP contribution in [0.2, 0.25) is 0 Å². The summed E-state index contributed by atoms with van der Waals surface area (Å²) < 4.78 is 38.5. The number of nitrogens with two attached hydrogens (primary N) is 1. The summed E-state index contributed by atoms with van der Waals surface area (Å²) in [6.45, 7) is -0.821. The zero-order chi connectivity index (χ0) is 10.5. The molecular formula is C5H7F3N2O3. The van der Waals surface area contributed by atoms with E-state index in [4.69, 9.17) is 0 Å². The van der Waals surface area contributed by atoms with Crippen LogP contribution in [0.4, 0.5) is 18.0 Å². The van der Waals surface area contributed by atoms with E-state index in [0.717, 1.165) is 0 Å². The fourth-order valence-corrected chi connectivity index (χ4v) is 0.416. The van der Waals surface area contributed by atoms with E-state index >= 15 is 0 Å². The monoisotopic (exact) mass is 200 g/mol. The first kappa shape index (κ1) is 11.5. The molecule has 3 N–H and O–H groups in total. The molecule has 0 radical (unpaired) electrons. The van der Waals surface area contributed by atoms with Crippen LogP contribution in [0, 0.1) is 0 Å². The molecule has 0 rings (SSSR count). The van der Waals surface area contributed by atoms with Gasteiger partial charge in [0.25, 0.3) is 0 Å². The van der Waals surface area contributed by atoms with Crippen LogP contribution in [0.5, 0.6) is 0 Å². The molecule has 5 nitrogen and oxygen atoms in total. The van der Waals surface area contributed by atoms with Crippen LogP contribution in [0.1, 0.15) is 0 Å². The van der Waals surface area contributed by atoms with E-state index in [1.165, 1.54) is 5.32 Å². The van der Waals surface area contributed by atoms with Gasteiger partial charge >= 0.3 is 18.2 Å². The number of nitrogens with one attached hydrogen (secondary N) is 1. The molecule has 0 heterocycles. The van der Waals surface area contributed by atoms with Gasteiger partial charge in [0.15, 0.2) is 0 Å². The molecule has 0 aliphatic heterocycles. The van der Waals surface area contributed by atoms with E-state index in [1.807, 2.05) is 0 Å². The molecule has 0 saturated heterocycles. The lowest BCUT2D eigenvalue weighted by Gasteiger charge is -2.06. The number of halogens is 3. The lowest BCUT2D eigenvalue weighted by Crippen LogP contribution is -2.38. The minimum absolute atomic E-state index is 0.392. The van der Waals surface area contributed by atoms with Gasteiger partial charge in [-0.2, -0.15) is 13.2 Å². The minimum atomic E-state index is -4.92. The Morgan fingerprint density at radius 3 is 2.31 bits per heavy atom. The Kier molecular flexibility index (Phi) is 4.02. The van der Waals surface area contributed by atoms with Crippen LogP contribution in [-0.4, -0.2) is 31.3 Å². The van der Waals surface area contributed by atoms with Crippen molar-refractivity contribution in [2.24, 2.45) is 5.73 Å². The molecule has 0 aromatic heterocycles. The standard InChI is InChI=1S/C5H7F3N2O3/c6-5(7,8)3(11)10-1-2-13-4(9)12/h1-2H2,(H2,9,12)(H,10,11). The molecule has 0 fully saturated rings. The van der Waals surface area contributed by atoms with Gasteiger partial charge in [-0.25, -0.2) is 4.79 Å². The first-order valence-electron chi connectivity index (χ1n) is 3.11. The van der Waals surface area contributed by atoms with Crippen molar-refractivity contribution >= 4 is 12.0 Å². The molecule has 0 saturated carbocycles. The normalized spacial score (nSPS) is 10.7. The van der Waals surface area contributed by atoms with Gasteiger partial charge in [-0.3, -0.25) is 4.79 Å². The SMILES string of the molecule is NC(=O)OCCNC(=O)C(F)(F)F. The Morgan fingerprint density at radius 2 is 1.92 bits per heavy atom. The lowest BCUT2D eigenvalue weighted by atomic mass is 10.5. The van der Waals surface area contributed by atoms with E-state index in [1.54, 1.807) is 0 Å². The topological polar surface area (TPSA) is 81.4 Å². The van der Waals surface area contributed by atoms with E-state index in [0.29, 0.717) is 0 Å². The summed E-state index contributed by atoms with van der Waals surface area (Å²) in [5, 5.41) is 1.48. The fraction of sp³-hybridized carbons (Fsp3) is 0.600. The summed E-state index contributed by atoms with van der Waals surface area (Å²) in [5.41, 5.74) is 4.50. The molecule has 0 unspecified atom stereocenters. The van der Waals surface area contributed by atoms with Crippen LogP contribution in [0.15, 0.2) is 0 Å². The maximum atomic E-state index is 11.5. The third-order valence-corrected chi connectivity index (χ3v) is 0.889. The Hall–Kier alpha value is -1.47. The number of alkyl halides is 3. The number of rotatable bonds is 3. The second kappa shape index (κ2) is 4.53. The summed E-state index contributed by atoms with van der Waals surface area (Å²) in [6, 6.07) is 0. The van der Waals surface area contributed by atoms with Gasteiger partial charge in [-0.15, -0.1) is 0 Å². The van der Waals surface area contributed by atoms with Crippen molar-refractivity contribution in [3.63, 3.8) is 0 Å². The number of amides is 2. The number of hydrogen-bond acceptors (Lipinski definition) is 3. The quantitative estimate of drug-likeness (QED) is 0.617. The number of ether oxygens (including phenoxy) is 1. The van der Waals surface area contributed by atoms with Crippen molar-refractivity contribution in [3.8, 4) is 0 Å². The lowest BCUT2D eigenvalue weighted by molar-refractivity contribution is -0.173. The third kappa shape index (κ3) is 5.76. The Morgan fingerprint density at radius 1 is 1.38 bits per heavy atom. The highest BCUT2D eigenvalue weighted by atomic mass is 19.4. The highest BCUT2D eigenvalue weighted by molar-refractivity contribution is 5.81. The Bertz CT molecular complexity index is 204. The molecule has 2 amide bonds. The van der Waals surface area contributed by atoms with Crippen LogP contribution in [0.3, 0.4) is 0 Å². The molecule has 76 valence electrons. The van der Waals surface area contributed by atoms with Crippen molar-refractivity contribution in [2.75, 3.05) is 13.2 Å². The molecule has 0 aromatic rings. The first-order valence-corrected chi connectivity index (χ1v) is 3.11. The van der Waals surface area contributed by atoms with E-state index in [2.05, 4.69) is 10.5 Å². The van der Waals surface area contributed by atoms with Crippen LogP contribution >= 0.6 is 0 Å². The molecule has 0 spiro atoms. The summed E-state index contributed by atoms with van der Waals surface area (Å²) in [6.07, 6.45) is -6.03. The van der Waals surface area contributed by atoms with Crippen molar-refractivity contribution in [3.05, 3.63) is 0 Å². The zero-order valence-corrected chi connectivity index (χ0v) is 6.35. The zero-order valence-electron chi connectivity index (χ0n) is 6.35. The largest absolute Gasteiger partial charge is 0.471 e. The predicted molar refractivity (Wildman–Crippen MR) is 34.6 cm³/mol. The van der Waals surface area contributed by atoms with Gasteiger partial charge in [0.2, 0.25) is 0 Å². The van der Waals surface area contributed by atoms with Gasteiger partial charge in [0.05, 0.1) is 6.54 Å². The van der Waals surface area contributed by atoms with Crippen molar-refractivity contribution in [2.45, 2.75) is 6.18 Å². The molecule has 0 atom stereocenters. The van der Waals surface area contributed by atoms with Crippen LogP contribution in [0.25, 0.3) is 0 Å². The van der Waals surface area contributed by atoms with E-state index < -0.39 is 31.3 Å². The number of carbonyl (C=O) groups is 2. The summed E-state index contributed by atoms with van der Waals surface area (Å²) in [5.74, 6) is -2.08. The van der Waals surface area contributed by atoms with Crippen molar-refractivity contribution < 1.29 is 27.5 Å². The summed E-state index contributed by atoms with van der Waals surface area (Å²) >= 11 is 0. The highest BCUT2D eigenvalue weighted by Gasteiger charge is 2.38. The van der Waals surface area contributed by atoms with Crippen LogP contribution in [-0.2, 0) is 9.53 Å². The number of hydrogen-bond donors (Lipinski definition) is 2. The molecule has 8 heteroatoms. The second-order valence-corrected chi connectivity index (χ2v) is 1.92. The highest BCUT2D eigenvalue weighted by Crippen LogP contribution is 2.13. The number of primary amides is 1. The van der Waals surface area contributed by atoms with Gasteiger partial charge in [-0.1, -0.05) is 0 Å². The molecule has 0 bridgehead atoms. The third-order valence-electron chi connectivity index (χ3n) is 0.889. The van der Waals surface area contributed by atoms with Gasteiger partial charge in [0, 0.05) is 0 Å². The van der Waals surface area contributed by atoms with Gasteiger partial charge in [0.1, 0.15) is 6.61 Å².